The molecule has 0 bridgehead atoms. The van der Waals surface area contributed by atoms with Crippen molar-refractivity contribution < 1.29 is 9.50 Å². The highest BCUT2D eigenvalue weighted by molar-refractivity contribution is 5.36. The standard InChI is InChI=1S/C13H18FNO/c1-2-15-8-6-10(7-9-15)11-4-3-5-12(14)13(11)16/h3-5,10,16H,2,6-9H2,1H3. The Morgan fingerprint density at radius 3 is 2.69 bits per heavy atom. The highest BCUT2D eigenvalue weighted by atomic mass is 19.1. The number of phenolic OH excluding ortho intramolecular Hbond substituents is 1. The summed E-state index contributed by atoms with van der Waals surface area (Å²) in [5, 5.41) is 9.68. The molecule has 1 aliphatic rings. The van der Waals surface area contributed by atoms with Crippen LogP contribution in [0.1, 0.15) is 31.2 Å². The molecular weight excluding hydrogens is 205 g/mol. The van der Waals surface area contributed by atoms with E-state index in [2.05, 4.69) is 11.8 Å². The number of rotatable bonds is 2. The van der Waals surface area contributed by atoms with Crippen LogP contribution in [-0.4, -0.2) is 29.6 Å². The lowest BCUT2D eigenvalue weighted by Crippen LogP contribution is -2.32. The van der Waals surface area contributed by atoms with Crippen molar-refractivity contribution >= 4 is 0 Å². The van der Waals surface area contributed by atoms with Gasteiger partial charge in [0.25, 0.3) is 0 Å². The summed E-state index contributed by atoms with van der Waals surface area (Å²) in [6.45, 7) is 5.30. The molecule has 0 amide bonds. The van der Waals surface area contributed by atoms with E-state index in [1.54, 1.807) is 6.07 Å². The van der Waals surface area contributed by atoms with Gasteiger partial charge in [-0.05, 0) is 44.5 Å². The van der Waals surface area contributed by atoms with Crippen LogP contribution < -0.4 is 0 Å². The molecule has 1 aliphatic heterocycles. The van der Waals surface area contributed by atoms with Gasteiger partial charge in [0.15, 0.2) is 11.6 Å². The molecule has 0 saturated carbocycles. The lowest BCUT2D eigenvalue weighted by Gasteiger charge is -2.31. The number of para-hydroxylation sites is 1. The second kappa shape index (κ2) is 4.83. The van der Waals surface area contributed by atoms with Crippen molar-refractivity contribution in [3.8, 4) is 5.75 Å². The molecular formula is C13H18FNO. The molecule has 0 aromatic heterocycles. The molecule has 0 radical (unpaired) electrons. The molecule has 1 saturated heterocycles. The Labute approximate surface area is 95.7 Å². The van der Waals surface area contributed by atoms with Crippen molar-refractivity contribution in [2.24, 2.45) is 0 Å². The molecule has 2 rings (SSSR count). The average Bonchev–Trinajstić information content (AvgIpc) is 2.33. The number of benzene rings is 1. The fourth-order valence-electron chi connectivity index (χ4n) is 2.42. The highest BCUT2D eigenvalue weighted by Gasteiger charge is 2.22. The van der Waals surface area contributed by atoms with Gasteiger partial charge < -0.3 is 10.0 Å². The topological polar surface area (TPSA) is 23.5 Å². The number of phenols is 1. The zero-order chi connectivity index (χ0) is 11.5. The summed E-state index contributed by atoms with van der Waals surface area (Å²) in [5.74, 6) is -0.355. The SMILES string of the molecule is CCN1CCC(c2cccc(F)c2O)CC1. The van der Waals surface area contributed by atoms with Gasteiger partial charge in [0, 0.05) is 5.56 Å². The van der Waals surface area contributed by atoms with Crippen molar-refractivity contribution in [2.45, 2.75) is 25.7 Å². The molecule has 3 heteroatoms. The van der Waals surface area contributed by atoms with E-state index < -0.39 is 5.82 Å². The van der Waals surface area contributed by atoms with Gasteiger partial charge in [0.05, 0.1) is 0 Å². The maximum atomic E-state index is 13.2. The fourth-order valence-corrected chi connectivity index (χ4v) is 2.42. The molecule has 1 heterocycles. The van der Waals surface area contributed by atoms with Gasteiger partial charge in [0.2, 0.25) is 0 Å². The molecule has 0 atom stereocenters. The van der Waals surface area contributed by atoms with Crippen molar-refractivity contribution in [1.29, 1.82) is 0 Å². The third kappa shape index (κ3) is 2.19. The van der Waals surface area contributed by atoms with Gasteiger partial charge >= 0.3 is 0 Å². The smallest absolute Gasteiger partial charge is 0.165 e. The zero-order valence-electron chi connectivity index (χ0n) is 9.62. The molecule has 1 N–H and O–H groups in total. The third-order valence-electron chi connectivity index (χ3n) is 3.49. The Kier molecular flexibility index (Phi) is 3.44. The van der Waals surface area contributed by atoms with E-state index in [4.69, 9.17) is 0 Å². The predicted molar refractivity (Wildman–Crippen MR) is 62.2 cm³/mol. The summed E-state index contributed by atoms with van der Waals surface area (Å²) in [6.07, 6.45) is 2.01. The maximum Gasteiger partial charge on any atom is 0.165 e. The third-order valence-corrected chi connectivity index (χ3v) is 3.49. The van der Waals surface area contributed by atoms with Crippen LogP contribution >= 0.6 is 0 Å². The first-order chi connectivity index (χ1) is 7.72. The molecule has 88 valence electrons. The summed E-state index contributed by atoms with van der Waals surface area (Å²) < 4.78 is 13.2. The van der Waals surface area contributed by atoms with Crippen LogP contribution in [0.3, 0.4) is 0 Å². The number of halogens is 1. The van der Waals surface area contributed by atoms with Crippen LogP contribution in [0, 0.1) is 5.82 Å². The van der Waals surface area contributed by atoms with E-state index >= 15 is 0 Å². The van der Waals surface area contributed by atoms with Crippen LogP contribution in [0.15, 0.2) is 18.2 Å². The molecule has 1 aromatic rings. The van der Waals surface area contributed by atoms with E-state index in [0.29, 0.717) is 5.92 Å². The maximum absolute atomic E-state index is 13.2. The summed E-state index contributed by atoms with van der Waals surface area (Å²) in [7, 11) is 0. The minimum Gasteiger partial charge on any atom is -0.505 e. The van der Waals surface area contributed by atoms with E-state index in [-0.39, 0.29) is 5.75 Å². The second-order valence-electron chi connectivity index (χ2n) is 4.39. The number of likely N-dealkylation sites (tertiary alicyclic amines) is 1. The molecule has 2 nitrogen and oxygen atoms in total. The molecule has 0 unspecified atom stereocenters. The lowest BCUT2D eigenvalue weighted by atomic mass is 9.89. The van der Waals surface area contributed by atoms with Crippen molar-refractivity contribution in [3.63, 3.8) is 0 Å². The monoisotopic (exact) mass is 223 g/mol. The number of hydrogen-bond acceptors (Lipinski definition) is 2. The zero-order valence-corrected chi connectivity index (χ0v) is 9.62. The van der Waals surface area contributed by atoms with Gasteiger partial charge in [-0.1, -0.05) is 19.1 Å². The molecule has 1 aromatic carbocycles. The van der Waals surface area contributed by atoms with E-state index in [1.807, 2.05) is 6.07 Å². The first-order valence-corrected chi connectivity index (χ1v) is 5.92. The van der Waals surface area contributed by atoms with Crippen molar-refractivity contribution in [2.75, 3.05) is 19.6 Å². The van der Waals surface area contributed by atoms with Crippen LogP contribution in [-0.2, 0) is 0 Å². The lowest BCUT2D eigenvalue weighted by molar-refractivity contribution is 0.220. The number of aromatic hydroxyl groups is 1. The van der Waals surface area contributed by atoms with Crippen LogP contribution in [0.25, 0.3) is 0 Å². The Bertz CT molecular complexity index is 359. The summed E-state index contributed by atoms with van der Waals surface area (Å²) in [5.41, 5.74) is 0.774. The Morgan fingerprint density at radius 1 is 1.38 bits per heavy atom. The predicted octanol–water partition coefficient (Wildman–Crippen LogP) is 2.73. The van der Waals surface area contributed by atoms with Crippen LogP contribution in [0.4, 0.5) is 4.39 Å². The Hall–Kier alpha value is -1.09. The molecule has 16 heavy (non-hydrogen) atoms. The normalized spacial score (nSPS) is 18.9. The van der Waals surface area contributed by atoms with Crippen molar-refractivity contribution in [3.05, 3.63) is 29.6 Å². The summed E-state index contributed by atoms with van der Waals surface area (Å²) >= 11 is 0. The first kappa shape index (κ1) is 11.4. The number of nitrogens with zero attached hydrogens (tertiary/aromatic N) is 1. The van der Waals surface area contributed by atoms with E-state index in [1.165, 1.54) is 6.07 Å². The van der Waals surface area contributed by atoms with Gasteiger partial charge in [-0.15, -0.1) is 0 Å². The number of piperidine rings is 1. The quantitative estimate of drug-likeness (QED) is 0.833. The minimum absolute atomic E-state index is 0.155. The Morgan fingerprint density at radius 2 is 2.06 bits per heavy atom. The van der Waals surface area contributed by atoms with Gasteiger partial charge in [-0.3, -0.25) is 0 Å². The Balaban J connectivity index is 2.11. The summed E-state index contributed by atoms with van der Waals surface area (Å²) in [6, 6.07) is 4.82. The van der Waals surface area contributed by atoms with Gasteiger partial charge in [-0.2, -0.15) is 0 Å². The highest BCUT2D eigenvalue weighted by Crippen LogP contribution is 2.34. The van der Waals surface area contributed by atoms with E-state index in [0.717, 1.165) is 38.0 Å². The van der Waals surface area contributed by atoms with Crippen LogP contribution in [0.5, 0.6) is 5.75 Å². The molecule has 1 fully saturated rings. The first-order valence-electron chi connectivity index (χ1n) is 5.92. The van der Waals surface area contributed by atoms with Crippen molar-refractivity contribution in [1.82, 2.24) is 4.90 Å². The van der Waals surface area contributed by atoms with Crippen LogP contribution in [0.2, 0.25) is 0 Å². The fraction of sp³-hybridized carbons (Fsp3) is 0.538. The molecule has 0 aliphatic carbocycles. The summed E-state index contributed by atoms with van der Waals surface area (Å²) in [4.78, 5) is 2.38. The largest absolute Gasteiger partial charge is 0.505 e. The van der Waals surface area contributed by atoms with E-state index in [9.17, 15) is 9.50 Å². The molecule has 0 spiro atoms. The number of hydrogen-bond donors (Lipinski definition) is 1. The van der Waals surface area contributed by atoms with Gasteiger partial charge in [-0.25, -0.2) is 4.39 Å². The average molecular weight is 223 g/mol. The van der Waals surface area contributed by atoms with Gasteiger partial charge in [0.1, 0.15) is 0 Å². The minimum atomic E-state index is -0.504. The second-order valence-corrected chi connectivity index (χ2v) is 4.39.